The molecule has 1 N–H and O–H groups in total. The first-order chi connectivity index (χ1) is 14.1. The zero-order chi connectivity index (χ0) is 20.4. The molecule has 0 saturated carbocycles. The van der Waals surface area contributed by atoms with Crippen molar-refractivity contribution in [1.82, 2.24) is 9.88 Å². The number of nitrogens with one attached hydrogen (secondary N) is 1. The zero-order valence-corrected chi connectivity index (χ0v) is 16.3. The average molecular weight is 394 g/mol. The summed E-state index contributed by atoms with van der Waals surface area (Å²) in [6.07, 6.45) is 0.151. The lowest BCUT2D eigenvalue weighted by atomic mass is 10.2. The van der Waals surface area contributed by atoms with E-state index in [-0.39, 0.29) is 24.9 Å². The van der Waals surface area contributed by atoms with Crippen LogP contribution in [0.4, 0.5) is 0 Å². The van der Waals surface area contributed by atoms with Gasteiger partial charge in [0.2, 0.25) is 5.91 Å². The minimum Gasteiger partial charge on any atom is -0.490 e. The standard InChI is InChI=1S/C22H22N2O5/c1-3-27-18-10-6-7-15-13-19(28-21(15)18)14(2)23-20(25)11-12-24-16-8-4-5-9-17(16)29-22(24)26/h4-10,13-14H,3,11-12H2,1-2H3,(H,23,25). The van der Waals surface area contributed by atoms with Crippen LogP contribution in [0.3, 0.4) is 0 Å². The molecule has 2 aromatic heterocycles. The molecular weight excluding hydrogens is 372 g/mol. The second-order valence-corrected chi connectivity index (χ2v) is 6.78. The van der Waals surface area contributed by atoms with Gasteiger partial charge in [0.15, 0.2) is 16.9 Å². The van der Waals surface area contributed by atoms with Crippen molar-refractivity contribution in [3.63, 3.8) is 0 Å². The van der Waals surface area contributed by atoms with E-state index in [0.717, 1.165) is 5.39 Å². The lowest BCUT2D eigenvalue weighted by Gasteiger charge is -2.11. The molecule has 2 aromatic carbocycles. The molecular formula is C22H22N2O5. The highest BCUT2D eigenvalue weighted by atomic mass is 16.5. The molecule has 0 spiro atoms. The minimum absolute atomic E-state index is 0.151. The van der Waals surface area contributed by atoms with Gasteiger partial charge in [-0.1, -0.05) is 24.3 Å². The molecule has 1 unspecified atom stereocenters. The van der Waals surface area contributed by atoms with Gasteiger partial charge < -0.3 is 18.9 Å². The van der Waals surface area contributed by atoms with Crippen molar-refractivity contribution < 1.29 is 18.4 Å². The van der Waals surface area contributed by atoms with Crippen molar-refractivity contribution in [2.75, 3.05) is 6.61 Å². The molecule has 0 saturated heterocycles. The van der Waals surface area contributed by atoms with Crippen LogP contribution >= 0.6 is 0 Å². The van der Waals surface area contributed by atoms with Gasteiger partial charge in [0, 0.05) is 18.4 Å². The van der Waals surface area contributed by atoms with Crippen LogP contribution in [0.1, 0.15) is 32.1 Å². The van der Waals surface area contributed by atoms with Gasteiger partial charge in [-0.2, -0.15) is 0 Å². The maximum absolute atomic E-state index is 12.4. The third-order valence-corrected chi connectivity index (χ3v) is 4.77. The molecule has 4 aromatic rings. The normalized spacial score (nSPS) is 12.3. The fourth-order valence-corrected chi connectivity index (χ4v) is 3.36. The number of ether oxygens (including phenoxy) is 1. The molecule has 1 atom stereocenters. The number of hydrogen-bond acceptors (Lipinski definition) is 5. The summed E-state index contributed by atoms with van der Waals surface area (Å²) in [7, 11) is 0. The van der Waals surface area contributed by atoms with Crippen LogP contribution in [0.15, 0.2) is 62.2 Å². The molecule has 4 rings (SSSR count). The van der Waals surface area contributed by atoms with Gasteiger partial charge in [-0.3, -0.25) is 9.36 Å². The Morgan fingerprint density at radius 2 is 2.00 bits per heavy atom. The van der Waals surface area contributed by atoms with E-state index in [1.54, 1.807) is 18.2 Å². The molecule has 7 nitrogen and oxygen atoms in total. The second-order valence-electron chi connectivity index (χ2n) is 6.78. The van der Waals surface area contributed by atoms with Gasteiger partial charge in [0.1, 0.15) is 5.76 Å². The number of carbonyl (C=O) groups excluding carboxylic acids is 1. The molecule has 2 heterocycles. The number of para-hydroxylation sites is 3. The highest BCUT2D eigenvalue weighted by Gasteiger charge is 2.17. The number of fused-ring (bicyclic) bond motifs is 2. The SMILES string of the molecule is CCOc1cccc2cc(C(C)NC(=O)CCn3c(=O)oc4ccccc43)oc12. The molecule has 0 bridgehead atoms. The van der Waals surface area contributed by atoms with Gasteiger partial charge >= 0.3 is 5.76 Å². The first-order valence-corrected chi connectivity index (χ1v) is 9.60. The van der Waals surface area contributed by atoms with Crippen molar-refractivity contribution in [3.05, 3.63) is 64.8 Å². The van der Waals surface area contributed by atoms with Gasteiger partial charge in [-0.25, -0.2) is 4.79 Å². The van der Waals surface area contributed by atoms with Crippen LogP contribution in [0.2, 0.25) is 0 Å². The lowest BCUT2D eigenvalue weighted by molar-refractivity contribution is -0.122. The summed E-state index contributed by atoms with van der Waals surface area (Å²) in [6.45, 7) is 4.56. The molecule has 0 fully saturated rings. The monoisotopic (exact) mass is 394 g/mol. The smallest absolute Gasteiger partial charge is 0.419 e. The summed E-state index contributed by atoms with van der Waals surface area (Å²) in [4.78, 5) is 24.4. The van der Waals surface area contributed by atoms with E-state index in [1.165, 1.54) is 4.57 Å². The number of amides is 1. The number of aromatic nitrogens is 1. The number of nitrogens with zero attached hydrogens (tertiary/aromatic N) is 1. The summed E-state index contributed by atoms with van der Waals surface area (Å²) in [5.74, 6) is 0.681. The van der Waals surface area contributed by atoms with E-state index in [2.05, 4.69) is 5.32 Å². The average Bonchev–Trinajstić information content (AvgIpc) is 3.28. The quantitative estimate of drug-likeness (QED) is 0.512. The number of furan rings is 1. The fraction of sp³-hybridized carbons (Fsp3) is 0.273. The molecule has 0 aliphatic carbocycles. The van der Waals surface area contributed by atoms with Crippen LogP contribution in [-0.2, 0) is 11.3 Å². The number of benzene rings is 2. The van der Waals surface area contributed by atoms with Gasteiger partial charge in [-0.05, 0) is 38.1 Å². The molecule has 29 heavy (non-hydrogen) atoms. The maximum Gasteiger partial charge on any atom is 0.419 e. The van der Waals surface area contributed by atoms with Gasteiger partial charge in [0.25, 0.3) is 0 Å². The minimum atomic E-state index is -0.465. The predicted octanol–water partition coefficient (Wildman–Crippen LogP) is 4.01. The largest absolute Gasteiger partial charge is 0.490 e. The Balaban J connectivity index is 1.44. The third-order valence-electron chi connectivity index (χ3n) is 4.77. The number of oxazole rings is 1. The highest BCUT2D eigenvalue weighted by Crippen LogP contribution is 2.31. The topological polar surface area (TPSA) is 86.6 Å². The van der Waals surface area contributed by atoms with Gasteiger partial charge in [-0.15, -0.1) is 0 Å². The first-order valence-electron chi connectivity index (χ1n) is 9.60. The summed E-state index contributed by atoms with van der Waals surface area (Å²) in [5, 5.41) is 3.84. The van der Waals surface area contributed by atoms with Crippen LogP contribution in [0, 0.1) is 0 Å². The Labute approximate surface area is 166 Å². The highest BCUT2D eigenvalue weighted by molar-refractivity contribution is 5.84. The molecule has 0 aliphatic heterocycles. The van der Waals surface area contributed by atoms with Crippen LogP contribution in [-0.4, -0.2) is 17.1 Å². The van der Waals surface area contributed by atoms with Crippen molar-refractivity contribution in [2.24, 2.45) is 0 Å². The number of carbonyl (C=O) groups is 1. The van der Waals surface area contributed by atoms with Crippen molar-refractivity contribution >= 4 is 28.0 Å². The predicted molar refractivity (Wildman–Crippen MR) is 109 cm³/mol. The maximum atomic E-state index is 12.4. The van der Waals surface area contributed by atoms with E-state index in [0.29, 0.717) is 34.8 Å². The van der Waals surface area contributed by atoms with Crippen molar-refractivity contribution in [1.29, 1.82) is 0 Å². The van der Waals surface area contributed by atoms with E-state index in [1.807, 2.05) is 44.2 Å². The zero-order valence-electron chi connectivity index (χ0n) is 16.3. The molecule has 150 valence electrons. The van der Waals surface area contributed by atoms with Crippen LogP contribution in [0.5, 0.6) is 5.75 Å². The van der Waals surface area contributed by atoms with E-state index in [4.69, 9.17) is 13.6 Å². The van der Waals surface area contributed by atoms with Crippen LogP contribution in [0.25, 0.3) is 22.1 Å². The Bertz CT molecular complexity index is 1220. The third kappa shape index (κ3) is 3.76. The summed E-state index contributed by atoms with van der Waals surface area (Å²) in [6, 6.07) is 14.4. The Kier molecular flexibility index (Phi) is 5.12. The number of rotatable bonds is 7. The van der Waals surface area contributed by atoms with Crippen molar-refractivity contribution in [2.45, 2.75) is 32.9 Å². The Hall–Kier alpha value is -3.48. The fourth-order valence-electron chi connectivity index (χ4n) is 3.36. The van der Waals surface area contributed by atoms with Crippen molar-refractivity contribution in [3.8, 4) is 5.75 Å². The van der Waals surface area contributed by atoms with Crippen LogP contribution < -0.4 is 15.8 Å². The summed E-state index contributed by atoms with van der Waals surface area (Å²) in [5.41, 5.74) is 1.86. The second kappa shape index (κ2) is 7.87. The Morgan fingerprint density at radius 1 is 1.17 bits per heavy atom. The molecule has 0 aliphatic rings. The lowest BCUT2D eigenvalue weighted by Crippen LogP contribution is -2.28. The first kappa shape index (κ1) is 18.9. The Morgan fingerprint density at radius 3 is 2.83 bits per heavy atom. The summed E-state index contributed by atoms with van der Waals surface area (Å²) < 4.78 is 18.2. The molecule has 0 radical (unpaired) electrons. The molecule has 7 heteroatoms. The van der Waals surface area contributed by atoms with E-state index >= 15 is 0 Å². The number of hydrogen-bond donors (Lipinski definition) is 1. The molecule has 1 amide bonds. The van der Waals surface area contributed by atoms with Gasteiger partial charge in [0.05, 0.1) is 18.2 Å². The number of aryl methyl sites for hydroxylation is 1. The summed E-state index contributed by atoms with van der Waals surface area (Å²) >= 11 is 0. The van der Waals surface area contributed by atoms with E-state index < -0.39 is 5.76 Å². The van der Waals surface area contributed by atoms with E-state index in [9.17, 15) is 9.59 Å².